The summed E-state index contributed by atoms with van der Waals surface area (Å²) in [6.45, 7) is 8.91. The number of methoxy groups -OCH3 is 1. The average Bonchev–Trinajstić information content (AvgIpc) is 2.42. The lowest BCUT2D eigenvalue weighted by Gasteiger charge is -2.27. The molecule has 0 spiro atoms. The molecule has 1 N–H and O–H groups in total. The number of hydrogen-bond donors (Lipinski definition) is 1. The van der Waals surface area contributed by atoms with Crippen LogP contribution in [0.1, 0.15) is 32.4 Å². The van der Waals surface area contributed by atoms with Crippen LogP contribution in [0.15, 0.2) is 18.2 Å². The molecule has 108 valence electrons. The lowest BCUT2D eigenvalue weighted by atomic mass is 10.1. The number of nitrogens with zero attached hydrogens (tertiary/aromatic N) is 1. The molecule has 0 heterocycles. The van der Waals surface area contributed by atoms with E-state index in [1.807, 2.05) is 25.1 Å². The average molecular weight is 267 g/mol. The Morgan fingerprint density at radius 3 is 2.58 bits per heavy atom. The summed E-state index contributed by atoms with van der Waals surface area (Å²) >= 11 is 0. The minimum Gasteiger partial charge on any atom is -0.496 e. The molecule has 0 amide bonds. The summed E-state index contributed by atoms with van der Waals surface area (Å²) in [7, 11) is 1.63. The van der Waals surface area contributed by atoms with Gasteiger partial charge < -0.3 is 19.5 Å². The third-order valence-corrected chi connectivity index (χ3v) is 3.11. The number of likely N-dealkylation sites (N-methyl/N-ethyl adjacent to an activating group) is 1. The predicted molar refractivity (Wildman–Crippen MR) is 78.0 cm³/mol. The van der Waals surface area contributed by atoms with Gasteiger partial charge in [0.05, 0.1) is 19.8 Å². The summed E-state index contributed by atoms with van der Waals surface area (Å²) in [5.74, 6) is 0.724. The fourth-order valence-electron chi connectivity index (χ4n) is 2.17. The van der Waals surface area contributed by atoms with Crippen LogP contribution in [0.25, 0.3) is 0 Å². The third-order valence-electron chi connectivity index (χ3n) is 3.11. The van der Waals surface area contributed by atoms with Crippen molar-refractivity contribution in [2.24, 2.45) is 0 Å². The second kappa shape index (κ2) is 8.02. The largest absolute Gasteiger partial charge is 0.496 e. The summed E-state index contributed by atoms with van der Waals surface area (Å²) in [4.78, 5) is 2.19. The van der Waals surface area contributed by atoms with E-state index < -0.39 is 6.10 Å². The van der Waals surface area contributed by atoms with Crippen LogP contribution in [0.4, 0.5) is 5.69 Å². The van der Waals surface area contributed by atoms with E-state index >= 15 is 0 Å². The molecule has 0 aliphatic carbocycles. The molecule has 0 aliphatic rings. The fourth-order valence-corrected chi connectivity index (χ4v) is 2.17. The normalized spacial score (nSPS) is 12.3. The van der Waals surface area contributed by atoms with Gasteiger partial charge in [-0.3, -0.25) is 0 Å². The molecule has 1 aromatic rings. The summed E-state index contributed by atoms with van der Waals surface area (Å²) in [5.41, 5.74) is 1.85. The SMILES string of the molecule is CCOCCN(CC)c1cccc(OC)c1C(C)O. The van der Waals surface area contributed by atoms with Crippen LogP contribution in [-0.4, -0.2) is 38.5 Å². The van der Waals surface area contributed by atoms with E-state index in [4.69, 9.17) is 9.47 Å². The van der Waals surface area contributed by atoms with Gasteiger partial charge in [-0.25, -0.2) is 0 Å². The molecule has 4 nitrogen and oxygen atoms in total. The van der Waals surface area contributed by atoms with Gasteiger partial charge in [0.1, 0.15) is 5.75 Å². The number of hydrogen-bond acceptors (Lipinski definition) is 4. The summed E-state index contributed by atoms with van der Waals surface area (Å²) in [5, 5.41) is 9.99. The highest BCUT2D eigenvalue weighted by molar-refractivity contribution is 5.60. The van der Waals surface area contributed by atoms with Gasteiger partial charge in [0.25, 0.3) is 0 Å². The van der Waals surface area contributed by atoms with Gasteiger partial charge in [0.15, 0.2) is 0 Å². The maximum atomic E-state index is 9.99. The van der Waals surface area contributed by atoms with Gasteiger partial charge in [-0.15, -0.1) is 0 Å². The Labute approximate surface area is 115 Å². The van der Waals surface area contributed by atoms with E-state index in [0.29, 0.717) is 6.61 Å². The minimum atomic E-state index is -0.563. The molecule has 0 bridgehead atoms. The zero-order valence-electron chi connectivity index (χ0n) is 12.3. The van der Waals surface area contributed by atoms with Crippen molar-refractivity contribution in [2.75, 3.05) is 38.3 Å². The number of ether oxygens (including phenoxy) is 2. The van der Waals surface area contributed by atoms with Gasteiger partial charge in [0, 0.05) is 30.9 Å². The molecule has 0 aliphatic heterocycles. The molecule has 1 rings (SSSR count). The van der Waals surface area contributed by atoms with E-state index in [2.05, 4.69) is 11.8 Å². The van der Waals surface area contributed by atoms with Crippen molar-refractivity contribution in [3.8, 4) is 5.75 Å². The van der Waals surface area contributed by atoms with E-state index in [-0.39, 0.29) is 0 Å². The van der Waals surface area contributed by atoms with Gasteiger partial charge in [-0.1, -0.05) is 6.07 Å². The first kappa shape index (κ1) is 15.8. The van der Waals surface area contributed by atoms with Crippen molar-refractivity contribution in [3.05, 3.63) is 23.8 Å². The molecule has 1 aromatic carbocycles. The Morgan fingerprint density at radius 1 is 1.32 bits per heavy atom. The number of aliphatic hydroxyl groups is 1. The quantitative estimate of drug-likeness (QED) is 0.735. The Morgan fingerprint density at radius 2 is 2.05 bits per heavy atom. The van der Waals surface area contributed by atoms with E-state index in [1.54, 1.807) is 14.0 Å². The highest BCUT2D eigenvalue weighted by Crippen LogP contribution is 2.34. The van der Waals surface area contributed by atoms with Crippen LogP contribution in [0.3, 0.4) is 0 Å². The molecule has 19 heavy (non-hydrogen) atoms. The van der Waals surface area contributed by atoms with Crippen molar-refractivity contribution < 1.29 is 14.6 Å². The Hall–Kier alpha value is -1.26. The summed E-state index contributed by atoms with van der Waals surface area (Å²) in [6.07, 6.45) is -0.563. The molecule has 0 aromatic heterocycles. The second-order valence-corrected chi connectivity index (χ2v) is 4.35. The Kier molecular flexibility index (Phi) is 6.67. The lowest BCUT2D eigenvalue weighted by Crippen LogP contribution is -2.28. The lowest BCUT2D eigenvalue weighted by molar-refractivity contribution is 0.153. The van der Waals surface area contributed by atoms with E-state index in [9.17, 15) is 5.11 Å². The van der Waals surface area contributed by atoms with E-state index in [0.717, 1.165) is 36.7 Å². The zero-order valence-corrected chi connectivity index (χ0v) is 12.3. The molecule has 1 atom stereocenters. The predicted octanol–water partition coefficient (Wildman–Crippen LogP) is 2.61. The molecule has 0 saturated carbocycles. The molecule has 1 unspecified atom stereocenters. The Bertz CT molecular complexity index is 380. The van der Waals surface area contributed by atoms with Crippen LogP contribution < -0.4 is 9.64 Å². The molecular formula is C15H25NO3. The van der Waals surface area contributed by atoms with Gasteiger partial charge >= 0.3 is 0 Å². The molecule has 4 heteroatoms. The smallest absolute Gasteiger partial charge is 0.126 e. The first-order chi connectivity index (χ1) is 9.15. The minimum absolute atomic E-state index is 0.563. The van der Waals surface area contributed by atoms with Gasteiger partial charge in [-0.2, -0.15) is 0 Å². The third kappa shape index (κ3) is 4.11. The fraction of sp³-hybridized carbons (Fsp3) is 0.600. The molecule has 0 saturated heterocycles. The zero-order chi connectivity index (χ0) is 14.3. The second-order valence-electron chi connectivity index (χ2n) is 4.35. The maximum Gasteiger partial charge on any atom is 0.126 e. The highest BCUT2D eigenvalue weighted by Gasteiger charge is 2.17. The van der Waals surface area contributed by atoms with Crippen LogP contribution in [0.5, 0.6) is 5.75 Å². The van der Waals surface area contributed by atoms with Crippen LogP contribution in [0.2, 0.25) is 0 Å². The topological polar surface area (TPSA) is 41.9 Å². The number of rotatable bonds is 8. The molecule has 0 fully saturated rings. The van der Waals surface area contributed by atoms with Crippen molar-refractivity contribution in [1.82, 2.24) is 0 Å². The van der Waals surface area contributed by atoms with Crippen molar-refractivity contribution in [3.63, 3.8) is 0 Å². The number of benzene rings is 1. The molecular weight excluding hydrogens is 242 g/mol. The summed E-state index contributed by atoms with van der Waals surface area (Å²) in [6, 6.07) is 5.84. The van der Waals surface area contributed by atoms with E-state index in [1.165, 1.54) is 0 Å². The van der Waals surface area contributed by atoms with Crippen molar-refractivity contribution >= 4 is 5.69 Å². The summed E-state index contributed by atoms with van der Waals surface area (Å²) < 4.78 is 10.8. The monoisotopic (exact) mass is 267 g/mol. The van der Waals surface area contributed by atoms with Gasteiger partial charge in [-0.05, 0) is 32.9 Å². The maximum absolute atomic E-state index is 9.99. The van der Waals surface area contributed by atoms with Crippen LogP contribution in [0, 0.1) is 0 Å². The van der Waals surface area contributed by atoms with Crippen LogP contribution >= 0.6 is 0 Å². The van der Waals surface area contributed by atoms with Crippen LogP contribution in [-0.2, 0) is 4.74 Å². The first-order valence-corrected chi connectivity index (χ1v) is 6.83. The van der Waals surface area contributed by atoms with Crippen molar-refractivity contribution in [2.45, 2.75) is 26.9 Å². The standard InChI is InChI=1S/C15H25NO3/c1-5-16(10-11-19-6-2)13-8-7-9-14(18-4)15(13)12(3)17/h7-9,12,17H,5-6,10-11H2,1-4H3. The highest BCUT2D eigenvalue weighted by atomic mass is 16.5. The van der Waals surface area contributed by atoms with Crippen molar-refractivity contribution in [1.29, 1.82) is 0 Å². The Balaban J connectivity index is 3.01. The number of aliphatic hydroxyl groups excluding tert-OH is 1. The molecule has 0 radical (unpaired) electrons. The van der Waals surface area contributed by atoms with Gasteiger partial charge in [0.2, 0.25) is 0 Å². The first-order valence-electron chi connectivity index (χ1n) is 6.83. The number of anilines is 1.